The van der Waals surface area contributed by atoms with Crippen LogP contribution in [0.1, 0.15) is 11.3 Å². The van der Waals surface area contributed by atoms with Crippen molar-refractivity contribution in [2.24, 2.45) is 12.8 Å². The second kappa shape index (κ2) is 5.07. The molecule has 2 aromatic rings. The Bertz CT molecular complexity index is 609. The number of hydrogen-bond donors (Lipinski definition) is 1. The van der Waals surface area contributed by atoms with Gasteiger partial charge in [-0.05, 0) is 25.1 Å². The lowest BCUT2D eigenvalue weighted by molar-refractivity contribution is 0.430. The number of hydrogen-bond acceptors (Lipinski definition) is 3. The quantitative estimate of drug-likeness (QED) is 0.881. The smallest absolute Gasteiger partial charge is 0.217 e. The summed E-state index contributed by atoms with van der Waals surface area (Å²) in [6, 6.07) is 7.38. The van der Waals surface area contributed by atoms with E-state index in [0.29, 0.717) is 22.2 Å². The minimum atomic E-state index is 0.296. The third-order valence-corrected chi connectivity index (χ3v) is 3.09. The Morgan fingerprint density at radius 2 is 2.17 bits per heavy atom. The fourth-order valence-corrected chi connectivity index (χ4v) is 2.10. The monoisotopic (exact) mass is 325 g/mol. The Balaban J connectivity index is 2.40. The number of ether oxygens (including phenoxy) is 1. The zero-order valence-electron chi connectivity index (χ0n) is 9.98. The first-order valence-electron chi connectivity index (χ1n) is 5.25. The molecule has 0 aliphatic rings. The molecule has 0 aliphatic carbocycles. The molecule has 0 fully saturated rings. The molecular weight excluding hydrogens is 314 g/mol. The summed E-state index contributed by atoms with van der Waals surface area (Å²) in [5.74, 6) is 1.26. The lowest BCUT2D eigenvalue weighted by atomic mass is 10.2. The van der Waals surface area contributed by atoms with Crippen LogP contribution in [0.2, 0.25) is 0 Å². The summed E-state index contributed by atoms with van der Waals surface area (Å²) in [6.07, 6.45) is 0. The summed E-state index contributed by atoms with van der Waals surface area (Å²) >= 11 is 8.40. The molecule has 2 rings (SSSR count). The molecule has 94 valence electrons. The minimum absolute atomic E-state index is 0.296. The van der Waals surface area contributed by atoms with Crippen LogP contribution in [0.15, 0.2) is 28.7 Å². The number of nitrogens with zero attached hydrogens (tertiary/aromatic N) is 2. The van der Waals surface area contributed by atoms with Gasteiger partial charge in [-0.1, -0.05) is 28.1 Å². The summed E-state index contributed by atoms with van der Waals surface area (Å²) in [4.78, 5) is 0.296. The van der Waals surface area contributed by atoms with Gasteiger partial charge in [0.25, 0.3) is 0 Å². The maximum atomic E-state index is 5.79. The van der Waals surface area contributed by atoms with Gasteiger partial charge < -0.3 is 10.5 Å². The van der Waals surface area contributed by atoms with E-state index in [0.717, 1.165) is 10.2 Å². The lowest BCUT2D eigenvalue weighted by Gasteiger charge is -2.10. The van der Waals surface area contributed by atoms with Crippen molar-refractivity contribution in [3.63, 3.8) is 0 Å². The van der Waals surface area contributed by atoms with Gasteiger partial charge in [0.2, 0.25) is 5.88 Å². The van der Waals surface area contributed by atoms with Crippen molar-refractivity contribution in [1.82, 2.24) is 9.78 Å². The van der Waals surface area contributed by atoms with E-state index in [2.05, 4.69) is 21.0 Å². The molecule has 0 bridgehead atoms. The van der Waals surface area contributed by atoms with Gasteiger partial charge >= 0.3 is 0 Å². The van der Waals surface area contributed by atoms with Crippen LogP contribution in [0.5, 0.6) is 11.6 Å². The minimum Gasteiger partial charge on any atom is -0.439 e. The van der Waals surface area contributed by atoms with Gasteiger partial charge in [0.05, 0.1) is 11.3 Å². The zero-order valence-corrected chi connectivity index (χ0v) is 12.4. The number of thiocarbonyl (C=S) groups is 1. The van der Waals surface area contributed by atoms with E-state index in [1.165, 1.54) is 0 Å². The number of aromatic nitrogens is 2. The predicted molar refractivity (Wildman–Crippen MR) is 78.0 cm³/mol. The van der Waals surface area contributed by atoms with E-state index in [-0.39, 0.29) is 0 Å². The normalized spacial score (nSPS) is 10.4. The van der Waals surface area contributed by atoms with Crippen molar-refractivity contribution in [1.29, 1.82) is 0 Å². The van der Waals surface area contributed by atoms with Crippen LogP contribution in [-0.2, 0) is 7.05 Å². The highest BCUT2D eigenvalue weighted by atomic mass is 79.9. The summed E-state index contributed by atoms with van der Waals surface area (Å²) in [7, 11) is 1.82. The first-order valence-corrected chi connectivity index (χ1v) is 6.45. The fourth-order valence-electron chi connectivity index (χ4n) is 1.58. The van der Waals surface area contributed by atoms with Crippen molar-refractivity contribution in [3.8, 4) is 11.6 Å². The van der Waals surface area contributed by atoms with Gasteiger partial charge in [0.15, 0.2) is 0 Å². The van der Waals surface area contributed by atoms with Crippen LogP contribution < -0.4 is 10.5 Å². The molecule has 1 heterocycles. The Morgan fingerprint density at radius 3 is 2.72 bits per heavy atom. The molecule has 1 aromatic heterocycles. The topological polar surface area (TPSA) is 53.1 Å². The molecule has 18 heavy (non-hydrogen) atoms. The Kier molecular flexibility index (Phi) is 3.68. The van der Waals surface area contributed by atoms with Crippen molar-refractivity contribution in [3.05, 3.63) is 40.0 Å². The molecule has 0 saturated carbocycles. The van der Waals surface area contributed by atoms with Crippen LogP contribution in [0.3, 0.4) is 0 Å². The number of nitrogens with two attached hydrogens (primary N) is 1. The molecule has 4 nitrogen and oxygen atoms in total. The maximum absolute atomic E-state index is 5.79. The average Bonchev–Trinajstić information content (AvgIpc) is 2.60. The van der Waals surface area contributed by atoms with E-state index in [1.807, 2.05) is 38.2 Å². The van der Waals surface area contributed by atoms with Crippen molar-refractivity contribution < 1.29 is 4.74 Å². The Morgan fingerprint density at radius 1 is 1.44 bits per heavy atom. The van der Waals surface area contributed by atoms with Gasteiger partial charge in [-0.25, -0.2) is 4.68 Å². The number of halogens is 1. The second-order valence-corrected chi connectivity index (χ2v) is 5.21. The predicted octanol–water partition coefficient (Wildman–Crippen LogP) is 2.92. The van der Waals surface area contributed by atoms with Gasteiger partial charge in [0.1, 0.15) is 10.7 Å². The molecule has 1 aromatic carbocycles. The van der Waals surface area contributed by atoms with Crippen LogP contribution in [0.4, 0.5) is 0 Å². The van der Waals surface area contributed by atoms with Crippen molar-refractivity contribution in [2.45, 2.75) is 6.92 Å². The highest BCUT2D eigenvalue weighted by molar-refractivity contribution is 9.10. The Labute approximate surface area is 119 Å². The fraction of sp³-hybridized carbons (Fsp3) is 0.167. The molecule has 0 aliphatic heterocycles. The molecule has 0 spiro atoms. The molecule has 0 radical (unpaired) electrons. The van der Waals surface area contributed by atoms with Gasteiger partial charge in [-0.3, -0.25) is 0 Å². The van der Waals surface area contributed by atoms with E-state index in [1.54, 1.807) is 4.68 Å². The van der Waals surface area contributed by atoms with Crippen molar-refractivity contribution >= 4 is 33.1 Å². The molecule has 0 saturated heterocycles. The molecular formula is C12H12BrN3OS. The number of rotatable bonds is 3. The van der Waals surface area contributed by atoms with E-state index in [4.69, 9.17) is 22.7 Å². The second-order valence-electron chi connectivity index (χ2n) is 3.85. The zero-order chi connectivity index (χ0) is 13.3. The van der Waals surface area contributed by atoms with Gasteiger partial charge in [0, 0.05) is 17.6 Å². The standard InChI is InChI=1S/C12H12BrN3OS/c1-7-5-11(16(2)15-7)17-10-4-3-8(13)6-9(10)12(14)18/h3-6H,1-2H3,(H2,14,18). The number of benzene rings is 1. The highest BCUT2D eigenvalue weighted by Crippen LogP contribution is 2.28. The van der Waals surface area contributed by atoms with Crippen LogP contribution >= 0.6 is 28.1 Å². The largest absolute Gasteiger partial charge is 0.439 e. The summed E-state index contributed by atoms with van der Waals surface area (Å²) < 4.78 is 8.36. The molecule has 2 N–H and O–H groups in total. The van der Waals surface area contributed by atoms with Crippen LogP contribution in [0, 0.1) is 6.92 Å². The maximum Gasteiger partial charge on any atom is 0.217 e. The van der Waals surface area contributed by atoms with Crippen molar-refractivity contribution in [2.75, 3.05) is 0 Å². The number of aryl methyl sites for hydroxylation is 2. The highest BCUT2D eigenvalue weighted by Gasteiger charge is 2.11. The van der Waals surface area contributed by atoms with E-state index < -0.39 is 0 Å². The average molecular weight is 326 g/mol. The molecule has 0 atom stereocenters. The van der Waals surface area contributed by atoms with E-state index in [9.17, 15) is 0 Å². The Hall–Kier alpha value is -1.40. The first kappa shape index (κ1) is 13.0. The molecule has 0 unspecified atom stereocenters. The third-order valence-electron chi connectivity index (χ3n) is 2.38. The first-order chi connectivity index (χ1) is 8.47. The van der Waals surface area contributed by atoms with Gasteiger partial charge in [-0.15, -0.1) is 0 Å². The van der Waals surface area contributed by atoms with Gasteiger partial charge in [-0.2, -0.15) is 5.10 Å². The van der Waals surface area contributed by atoms with E-state index >= 15 is 0 Å². The summed E-state index contributed by atoms with van der Waals surface area (Å²) in [6.45, 7) is 1.91. The summed E-state index contributed by atoms with van der Waals surface area (Å²) in [5.41, 5.74) is 7.27. The third kappa shape index (κ3) is 2.70. The SMILES string of the molecule is Cc1cc(Oc2ccc(Br)cc2C(N)=S)n(C)n1. The van der Waals surface area contributed by atoms with Crippen LogP contribution in [0.25, 0.3) is 0 Å². The summed E-state index contributed by atoms with van der Waals surface area (Å²) in [5, 5.41) is 4.22. The molecule has 0 amide bonds. The van der Waals surface area contributed by atoms with Crippen LogP contribution in [-0.4, -0.2) is 14.8 Å². The molecule has 6 heteroatoms. The lowest BCUT2D eigenvalue weighted by Crippen LogP contribution is -2.11.